The molecule has 0 atom stereocenters. The number of halogens is 1. The van der Waals surface area contributed by atoms with E-state index in [0.29, 0.717) is 11.8 Å². The van der Waals surface area contributed by atoms with Gasteiger partial charge in [0.1, 0.15) is 5.82 Å². The Labute approximate surface area is 125 Å². The summed E-state index contributed by atoms with van der Waals surface area (Å²) in [7, 11) is 1.76. The standard InChI is InChI=1S/C13H14BrN5O/c1-9-4-3-5-11(17-9)18-12(20)8-19(2)13-15-6-10(14)7-16-13/h3-7H,8H2,1-2H3,(H,17,18,20). The second-order valence-electron chi connectivity index (χ2n) is 4.27. The molecule has 0 radical (unpaired) electrons. The monoisotopic (exact) mass is 335 g/mol. The molecule has 0 aliphatic heterocycles. The molecule has 0 saturated carbocycles. The van der Waals surface area contributed by atoms with Crippen LogP contribution in [-0.2, 0) is 4.79 Å². The Hall–Kier alpha value is -2.02. The lowest BCUT2D eigenvalue weighted by Gasteiger charge is -2.16. The van der Waals surface area contributed by atoms with E-state index in [4.69, 9.17) is 0 Å². The van der Waals surface area contributed by atoms with Crippen molar-refractivity contribution >= 4 is 33.6 Å². The van der Waals surface area contributed by atoms with Gasteiger partial charge in [-0.3, -0.25) is 4.79 Å². The number of hydrogen-bond donors (Lipinski definition) is 1. The lowest BCUT2D eigenvalue weighted by atomic mass is 10.3. The summed E-state index contributed by atoms with van der Waals surface area (Å²) in [6, 6.07) is 5.47. The summed E-state index contributed by atoms with van der Waals surface area (Å²) < 4.78 is 0.795. The SMILES string of the molecule is Cc1cccc(NC(=O)CN(C)c2ncc(Br)cn2)n1. The molecule has 104 valence electrons. The van der Waals surface area contributed by atoms with Gasteiger partial charge in [-0.15, -0.1) is 0 Å². The number of rotatable bonds is 4. The third-order valence-corrected chi connectivity index (χ3v) is 2.89. The molecule has 20 heavy (non-hydrogen) atoms. The maximum Gasteiger partial charge on any atom is 0.245 e. The van der Waals surface area contributed by atoms with Crippen molar-refractivity contribution in [2.75, 3.05) is 23.8 Å². The van der Waals surface area contributed by atoms with Crippen molar-refractivity contribution in [3.05, 3.63) is 40.8 Å². The second kappa shape index (κ2) is 6.42. The highest BCUT2D eigenvalue weighted by molar-refractivity contribution is 9.10. The van der Waals surface area contributed by atoms with E-state index in [2.05, 4.69) is 36.2 Å². The highest BCUT2D eigenvalue weighted by Crippen LogP contribution is 2.10. The number of hydrogen-bond acceptors (Lipinski definition) is 5. The third kappa shape index (κ3) is 3.99. The van der Waals surface area contributed by atoms with E-state index in [-0.39, 0.29) is 12.5 Å². The number of carbonyl (C=O) groups excluding carboxylic acids is 1. The highest BCUT2D eigenvalue weighted by atomic mass is 79.9. The molecule has 2 aromatic rings. The fraction of sp³-hybridized carbons (Fsp3) is 0.231. The Morgan fingerprint density at radius 1 is 1.35 bits per heavy atom. The van der Waals surface area contributed by atoms with Crippen molar-refractivity contribution in [3.63, 3.8) is 0 Å². The Morgan fingerprint density at radius 2 is 2.05 bits per heavy atom. The Bertz CT molecular complexity index is 602. The minimum atomic E-state index is -0.169. The molecule has 0 aliphatic carbocycles. The number of anilines is 2. The number of nitrogens with one attached hydrogen (secondary N) is 1. The number of nitrogens with zero attached hydrogens (tertiary/aromatic N) is 4. The molecule has 2 aromatic heterocycles. The van der Waals surface area contributed by atoms with Gasteiger partial charge in [0.2, 0.25) is 11.9 Å². The fourth-order valence-corrected chi connectivity index (χ4v) is 1.79. The Morgan fingerprint density at radius 3 is 2.70 bits per heavy atom. The molecule has 0 aliphatic rings. The van der Waals surface area contributed by atoms with Crippen LogP contribution in [0.3, 0.4) is 0 Å². The van der Waals surface area contributed by atoms with Gasteiger partial charge in [-0.2, -0.15) is 0 Å². The van der Waals surface area contributed by atoms with Crippen LogP contribution in [0, 0.1) is 6.92 Å². The lowest BCUT2D eigenvalue weighted by Crippen LogP contribution is -2.31. The molecule has 1 amide bonds. The average Bonchev–Trinajstić information content (AvgIpc) is 2.39. The van der Waals surface area contributed by atoms with Crippen LogP contribution in [0.1, 0.15) is 5.69 Å². The topological polar surface area (TPSA) is 71.0 Å². The van der Waals surface area contributed by atoms with Crippen molar-refractivity contribution in [1.29, 1.82) is 0 Å². The van der Waals surface area contributed by atoms with E-state index in [9.17, 15) is 4.79 Å². The van der Waals surface area contributed by atoms with Gasteiger partial charge >= 0.3 is 0 Å². The van der Waals surface area contributed by atoms with E-state index in [0.717, 1.165) is 10.2 Å². The zero-order valence-electron chi connectivity index (χ0n) is 11.2. The first-order valence-electron chi connectivity index (χ1n) is 5.97. The first-order valence-corrected chi connectivity index (χ1v) is 6.76. The van der Waals surface area contributed by atoms with Crippen LogP contribution in [0.4, 0.5) is 11.8 Å². The van der Waals surface area contributed by atoms with Crippen LogP contribution >= 0.6 is 15.9 Å². The van der Waals surface area contributed by atoms with Crippen molar-refractivity contribution in [2.45, 2.75) is 6.92 Å². The summed E-state index contributed by atoms with van der Waals surface area (Å²) in [6.45, 7) is 2.02. The number of aryl methyl sites for hydroxylation is 1. The molecule has 0 saturated heterocycles. The second-order valence-corrected chi connectivity index (χ2v) is 5.19. The summed E-state index contributed by atoms with van der Waals surface area (Å²) >= 11 is 3.27. The Kier molecular flexibility index (Phi) is 4.62. The van der Waals surface area contributed by atoms with E-state index < -0.39 is 0 Å². The van der Waals surface area contributed by atoms with Gasteiger partial charge < -0.3 is 10.2 Å². The lowest BCUT2D eigenvalue weighted by molar-refractivity contribution is -0.115. The molecule has 0 unspecified atom stereocenters. The van der Waals surface area contributed by atoms with Crippen molar-refractivity contribution < 1.29 is 4.79 Å². The highest BCUT2D eigenvalue weighted by Gasteiger charge is 2.10. The zero-order valence-corrected chi connectivity index (χ0v) is 12.8. The summed E-state index contributed by atoms with van der Waals surface area (Å²) in [6.07, 6.45) is 3.28. The minimum absolute atomic E-state index is 0.150. The van der Waals surface area contributed by atoms with Crippen LogP contribution < -0.4 is 10.2 Å². The number of amides is 1. The smallest absolute Gasteiger partial charge is 0.245 e. The quantitative estimate of drug-likeness (QED) is 0.925. The molecule has 0 fully saturated rings. The van der Waals surface area contributed by atoms with E-state index in [1.807, 2.05) is 19.1 Å². The van der Waals surface area contributed by atoms with Crippen LogP contribution in [0.5, 0.6) is 0 Å². The van der Waals surface area contributed by atoms with Gasteiger partial charge in [-0.05, 0) is 35.0 Å². The number of carbonyl (C=O) groups is 1. The number of likely N-dealkylation sites (N-methyl/N-ethyl adjacent to an activating group) is 1. The van der Waals surface area contributed by atoms with Gasteiger partial charge in [0.15, 0.2) is 0 Å². The van der Waals surface area contributed by atoms with Crippen molar-refractivity contribution in [2.24, 2.45) is 0 Å². The van der Waals surface area contributed by atoms with E-state index >= 15 is 0 Å². The van der Waals surface area contributed by atoms with Crippen LogP contribution in [0.2, 0.25) is 0 Å². The third-order valence-electron chi connectivity index (χ3n) is 2.48. The molecule has 1 N–H and O–H groups in total. The summed E-state index contributed by atoms with van der Waals surface area (Å²) in [5.74, 6) is 0.859. The van der Waals surface area contributed by atoms with Crippen LogP contribution in [0.15, 0.2) is 35.1 Å². The van der Waals surface area contributed by atoms with Gasteiger partial charge in [-0.1, -0.05) is 6.07 Å². The fourth-order valence-electron chi connectivity index (χ4n) is 1.58. The van der Waals surface area contributed by atoms with Gasteiger partial charge in [0.25, 0.3) is 0 Å². The first kappa shape index (κ1) is 14.4. The predicted molar refractivity (Wildman–Crippen MR) is 80.6 cm³/mol. The molecule has 6 nitrogen and oxygen atoms in total. The Balaban J connectivity index is 1.95. The zero-order chi connectivity index (χ0) is 14.5. The minimum Gasteiger partial charge on any atom is -0.335 e. The molecular formula is C13H14BrN5O. The number of pyridine rings is 1. The van der Waals surface area contributed by atoms with Gasteiger partial charge in [0.05, 0.1) is 11.0 Å². The normalized spacial score (nSPS) is 10.2. The molecule has 0 aromatic carbocycles. The molecular weight excluding hydrogens is 322 g/mol. The largest absolute Gasteiger partial charge is 0.335 e. The molecule has 0 spiro atoms. The predicted octanol–water partition coefficient (Wildman–Crippen LogP) is 2.02. The van der Waals surface area contributed by atoms with Crippen molar-refractivity contribution in [1.82, 2.24) is 15.0 Å². The molecule has 2 heterocycles. The molecule has 0 bridgehead atoms. The number of aromatic nitrogens is 3. The van der Waals surface area contributed by atoms with Crippen LogP contribution in [-0.4, -0.2) is 34.5 Å². The first-order chi connectivity index (χ1) is 9.54. The summed E-state index contributed by atoms with van der Waals surface area (Å²) in [5.41, 5.74) is 0.854. The molecule has 2 rings (SSSR count). The van der Waals surface area contributed by atoms with E-state index in [1.165, 1.54) is 0 Å². The van der Waals surface area contributed by atoms with E-state index in [1.54, 1.807) is 30.4 Å². The van der Waals surface area contributed by atoms with Crippen LogP contribution in [0.25, 0.3) is 0 Å². The summed E-state index contributed by atoms with van der Waals surface area (Å²) in [5, 5.41) is 2.74. The van der Waals surface area contributed by atoms with Crippen molar-refractivity contribution in [3.8, 4) is 0 Å². The van der Waals surface area contributed by atoms with Gasteiger partial charge in [0, 0.05) is 25.1 Å². The van der Waals surface area contributed by atoms with Gasteiger partial charge in [-0.25, -0.2) is 15.0 Å². The average molecular weight is 336 g/mol. The maximum atomic E-state index is 11.9. The maximum absolute atomic E-state index is 11.9. The summed E-state index contributed by atoms with van der Waals surface area (Å²) in [4.78, 5) is 26.0. The molecule has 7 heteroatoms.